The number of anilines is 1. The summed E-state index contributed by atoms with van der Waals surface area (Å²) in [5.41, 5.74) is 2.05. The molecule has 10 heteroatoms. The Balaban J connectivity index is 1.56. The molecule has 1 saturated heterocycles. The van der Waals surface area contributed by atoms with Crippen LogP contribution in [0.4, 0.5) is 5.82 Å². The summed E-state index contributed by atoms with van der Waals surface area (Å²) in [6, 6.07) is -0.104. The molecule has 4 aromatic heterocycles. The number of methoxy groups -OCH3 is 1. The standard InChI is InChI=1S/C22H23N7O2S/c1-12-25-21(31-28-12)16-9-13(30-2)11-29(16)20-18-14-5-3-4-6-17(14)32-22(18)27-19(26-20)15-10-23-7-8-24-15/h7-8,10,13,16H,3-6,9,11H2,1-2H3. The average molecular weight is 450 g/mol. The van der Waals surface area contributed by atoms with Gasteiger partial charge in [0.15, 0.2) is 11.6 Å². The molecule has 4 aromatic rings. The van der Waals surface area contributed by atoms with Gasteiger partial charge in [-0.2, -0.15) is 4.98 Å². The van der Waals surface area contributed by atoms with Crippen molar-refractivity contribution >= 4 is 27.4 Å². The van der Waals surface area contributed by atoms with Crippen molar-refractivity contribution in [2.45, 2.75) is 51.2 Å². The smallest absolute Gasteiger partial charge is 0.249 e. The van der Waals surface area contributed by atoms with E-state index in [0.717, 1.165) is 35.3 Å². The molecule has 2 aliphatic rings. The van der Waals surface area contributed by atoms with E-state index in [1.165, 1.54) is 23.3 Å². The normalized spacial score (nSPS) is 20.8. The van der Waals surface area contributed by atoms with Crippen LogP contribution in [0, 0.1) is 6.92 Å². The summed E-state index contributed by atoms with van der Waals surface area (Å²) in [6.07, 6.45) is 10.4. The molecule has 5 heterocycles. The highest BCUT2D eigenvalue weighted by atomic mass is 32.1. The Hall–Kier alpha value is -2.98. The molecule has 0 saturated carbocycles. The minimum Gasteiger partial charge on any atom is -0.380 e. The Bertz CT molecular complexity index is 1270. The van der Waals surface area contributed by atoms with Gasteiger partial charge in [0.25, 0.3) is 0 Å². The molecule has 0 bridgehead atoms. The molecule has 0 radical (unpaired) electrons. The van der Waals surface area contributed by atoms with Crippen molar-refractivity contribution in [3.05, 3.63) is 40.7 Å². The van der Waals surface area contributed by atoms with Gasteiger partial charge in [0.1, 0.15) is 22.4 Å². The van der Waals surface area contributed by atoms with Crippen molar-refractivity contribution in [2.75, 3.05) is 18.6 Å². The van der Waals surface area contributed by atoms with Gasteiger partial charge < -0.3 is 14.2 Å². The lowest BCUT2D eigenvalue weighted by atomic mass is 9.97. The summed E-state index contributed by atoms with van der Waals surface area (Å²) in [5, 5.41) is 5.17. The maximum atomic E-state index is 5.75. The van der Waals surface area contributed by atoms with Crippen LogP contribution in [0.25, 0.3) is 21.7 Å². The fraction of sp³-hybridized carbons (Fsp3) is 0.455. The van der Waals surface area contributed by atoms with Crippen molar-refractivity contribution < 1.29 is 9.26 Å². The van der Waals surface area contributed by atoms with Crippen molar-refractivity contribution in [2.24, 2.45) is 0 Å². The largest absolute Gasteiger partial charge is 0.380 e. The monoisotopic (exact) mass is 449 g/mol. The van der Waals surface area contributed by atoms with Crippen LogP contribution in [0.1, 0.15) is 47.5 Å². The van der Waals surface area contributed by atoms with Crippen LogP contribution in [0.5, 0.6) is 0 Å². The molecule has 1 aliphatic carbocycles. The third-order valence-electron chi connectivity index (χ3n) is 6.28. The third-order valence-corrected chi connectivity index (χ3v) is 7.47. The average Bonchev–Trinajstić information content (AvgIpc) is 3.55. The SMILES string of the molecule is COC1CC(c2nc(C)no2)N(c2nc(-c3cnccn3)nc3sc4c(c23)CCCC4)C1. The van der Waals surface area contributed by atoms with E-state index in [2.05, 4.69) is 25.0 Å². The maximum absolute atomic E-state index is 5.75. The zero-order chi connectivity index (χ0) is 21.7. The Morgan fingerprint density at radius 3 is 2.84 bits per heavy atom. The quantitative estimate of drug-likeness (QED) is 0.461. The second-order valence-corrected chi connectivity index (χ2v) is 9.38. The molecular formula is C22H23N7O2S. The van der Waals surface area contributed by atoms with E-state index in [9.17, 15) is 0 Å². The molecule has 164 valence electrons. The lowest BCUT2D eigenvalue weighted by Crippen LogP contribution is -2.26. The summed E-state index contributed by atoms with van der Waals surface area (Å²) in [4.78, 5) is 27.9. The molecule has 0 amide bonds. The minimum atomic E-state index is -0.104. The van der Waals surface area contributed by atoms with Gasteiger partial charge in [-0.25, -0.2) is 15.0 Å². The first-order valence-electron chi connectivity index (χ1n) is 10.9. The molecule has 6 rings (SSSR count). The van der Waals surface area contributed by atoms with Gasteiger partial charge in [0, 0.05) is 37.3 Å². The molecule has 32 heavy (non-hydrogen) atoms. The third kappa shape index (κ3) is 3.25. The number of thiophene rings is 1. The first-order chi connectivity index (χ1) is 15.7. The Morgan fingerprint density at radius 1 is 1.16 bits per heavy atom. The molecule has 2 atom stereocenters. The lowest BCUT2D eigenvalue weighted by molar-refractivity contribution is 0.117. The number of rotatable bonds is 4. The van der Waals surface area contributed by atoms with Crippen LogP contribution in [-0.2, 0) is 17.6 Å². The van der Waals surface area contributed by atoms with Crippen LogP contribution >= 0.6 is 11.3 Å². The molecule has 0 N–H and O–H groups in total. The van der Waals surface area contributed by atoms with E-state index in [-0.39, 0.29) is 12.1 Å². The van der Waals surface area contributed by atoms with E-state index in [0.29, 0.717) is 29.8 Å². The maximum Gasteiger partial charge on any atom is 0.249 e. The molecule has 0 aromatic carbocycles. The number of fused-ring (bicyclic) bond motifs is 3. The summed E-state index contributed by atoms with van der Waals surface area (Å²) >= 11 is 1.78. The summed E-state index contributed by atoms with van der Waals surface area (Å²) in [5.74, 6) is 2.71. The van der Waals surface area contributed by atoms with E-state index in [4.69, 9.17) is 19.2 Å². The summed E-state index contributed by atoms with van der Waals surface area (Å²) in [6.45, 7) is 2.53. The van der Waals surface area contributed by atoms with Crippen LogP contribution in [0.3, 0.4) is 0 Å². The van der Waals surface area contributed by atoms with Crippen LogP contribution < -0.4 is 4.90 Å². The van der Waals surface area contributed by atoms with Crippen LogP contribution in [0.15, 0.2) is 23.1 Å². The first kappa shape index (κ1) is 19.7. The second-order valence-electron chi connectivity index (χ2n) is 8.29. The first-order valence-corrected chi connectivity index (χ1v) is 11.7. The highest BCUT2D eigenvalue weighted by molar-refractivity contribution is 7.19. The Morgan fingerprint density at radius 2 is 2.06 bits per heavy atom. The van der Waals surface area contributed by atoms with Gasteiger partial charge in [-0.05, 0) is 38.2 Å². The summed E-state index contributed by atoms with van der Waals surface area (Å²) in [7, 11) is 1.75. The van der Waals surface area contributed by atoms with Gasteiger partial charge in [-0.3, -0.25) is 4.98 Å². The van der Waals surface area contributed by atoms with Crippen molar-refractivity contribution in [3.63, 3.8) is 0 Å². The zero-order valence-corrected chi connectivity index (χ0v) is 18.8. The molecule has 9 nitrogen and oxygen atoms in total. The van der Waals surface area contributed by atoms with E-state index in [1.807, 2.05) is 6.92 Å². The Kier molecular flexibility index (Phi) is 4.83. The van der Waals surface area contributed by atoms with Crippen molar-refractivity contribution in [1.82, 2.24) is 30.1 Å². The Labute approximate surface area is 188 Å². The molecule has 1 fully saturated rings. The number of nitrogens with zero attached hydrogens (tertiary/aromatic N) is 7. The van der Waals surface area contributed by atoms with E-state index in [1.54, 1.807) is 37.0 Å². The lowest BCUT2D eigenvalue weighted by Gasteiger charge is -2.25. The van der Waals surface area contributed by atoms with Crippen LogP contribution in [0.2, 0.25) is 0 Å². The molecule has 2 unspecified atom stereocenters. The van der Waals surface area contributed by atoms with Crippen molar-refractivity contribution in [3.8, 4) is 11.5 Å². The molecule has 1 aliphatic heterocycles. The predicted octanol–water partition coefficient (Wildman–Crippen LogP) is 3.68. The number of hydrogen-bond donors (Lipinski definition) is 0. The fourth-order valence-corrected chi connectivity index (χ4v) is 6.02. The van der Waals surface area contributed by atoms with E-state index < -0.39 is 0 Å². The number of ether oxygens (including phenoxy) is 1. The van der Waals surface area contributed by atoms with Gasteiger partial charge in [-0.1, -0.05) is 5.16 Å². The number of aromatic nitrogens is 6. The van der Waals surface area contributed by atoms with Gasteiger partial charge in [0.05, 0.1) is 17.7 Å². The highest BCUT2D eigenvalue weighted by Crippen LogP contribution is 2.44. The van der Waals surface area contributed by atoms with Gasteiger partial charge in [-0.15, -0.1) is 11.3 Å². The van der Waals surface area contributed by atoms with Crippen LogP contribution in [-0.4, -0.2) is 49.8 Å². The van der Waals surface area contributed by atoms with E-state index >= 15 is 0 Å². The van der Waals surface area contributed by atoms with Gasteiger partial charge >= 0.3 is 0 Å². The zero-order valence-electron chi connectivity index (χ0n) is 18.0. The fourth-order valence-electron chi connectivity index (χ4n) is 4.76. The summed E-state index contributed by atoms with van der Waals surface area (Å²) < 4.78 is 11.3. The predicted molar refractivity (Wildman–Crippen MR) is 120 cm³/mol. The highest BCUT2D eigenvalue weighted by Gasteiger charge is 2.39. The topological polar surface area (TPSA) is 103 Å². The second kappa shape index (κ2) is 7.86. The molecule has 0 spiro atoms. The minimum absolute atomic E-state index is 0.0478. The molecular weight excluding hydrogens is 426 g/mol. The number of aryl methyl sites for hydroxylation is 3. The van der Waals surface area contributed by atoms with Gasteiger partial charge in [0.2, 0.25) is 5.89 Å². The van der Waals surface area contributed by atoms with Crippen molar-refractivity contribution in [1.29, 1.82) is 0 Å². The number of hydrogen-bond acceptors (Lipinski definition) is 10.